The smallest absolute Gasteiger partial charge is 0.255 e. The third-order valence-corrected chi connectivity index (χ3v) is 5.57. The number of hydrogen-bond acceptors (Lipinski definition) is 4. The molecule has 0 saturated heterocycles. The van der Waals surface area contributed by atoms with Gasteiger partial charge >= 0.3 is 0 Å². The third-order valence-electron chi connectivity index (χ3n) is 3.91. The Balaban J connectivity index is 2.10. The summed E-state index contributed by atoms with van der Waals surface area (Å²) in [6.07, 6.45) is 0.271. The van der Waals surface area contributed by atoms with E-state index in [1.165, 1.54) is 14.0 Å². The maximum absolute atomic E-state index is 13.2. The first kappa shape index (κ1) is 17.4. The van der Waals surface area contributed by atoms with Crippen LogP contribution >= 0.6 is 0 Å². The van der Waals surface area contributed by atoms with Gasteiger partial charge in [-0.2, -0.15) is 0 Å². The van der Waals surface area contributed by atoms with Crippen LogP contribution in [0.2, 0.25) is 0 Å². The molecule has 1 heterocycles. The number of furan rings is 1. The number of methoxy groups -OCH3 is 1. The van der Waals surface area contributed by atoms with Gasteiger partial charge in [-0.3, -0.25) is 0 Å². The van der Waals surface area contributed by atoms with Crippen molar-refractivity contribution in [2.24, 2.45) is 5.41 Å². The molecule has 2 unspecified atom stereocenters. The number of nitrogens with one attached hydrogen (secondary N) is 1. The molecule has 22 heavy (non-hydrogen) atoms. The largest absolute Gasteiger partial charge is 0.464 e. The van der Waals surface area contributed by atoms with Crippen LogP contribution in [-0.2, 0) is 21.2 Å². The molecule has 0 aliphatic heterocycles. The second-order valence-corrected chi connectivity index (χ2v) is 7.74. The van der Waals surface area contributed by atoms with Gasteiger partial charge in [-0.25, -0.2) is 21.9 Å². The number of ether oxygens (including phenoxy) is 1. The van der Waals surface area contributed by atoms with Crippen LogP contribution in [0.4, 0.5) is 8.78 Å². The lowest BCUT2D eigenvalue weighted by Crippen LogP contribution is -2.36. The van der Waals surface area contributed by atoms with E-state index in [-0.39, 0.29) is 6.61 Å². The van der Waals surface area contributed by atoms with Crippen LogP contribution in [0.5, 0.6) is 0 Å². The summed E-state index contributed by atoms with van der Waals surface area (Å²) in [5.41, 5.74) is -1.49. The average Bonchev–Trinajstić information content (AvgIpc) is 2.79. The first-order chi connectivity index (χ1) is 10.1. The first-order valence-electron chi connectivity index (χ1n) is 7.08. The van der Waals surface area contributed by atoms with Gasteiger partial charge in [0.1, 0.15) is 17.6 Å². The van der Waals surface area contributed by atoms with Crippen LogP contribution in [0, 0.1) is 5.41 Å². The van der Waals surface area contributed by atoms with Crippen LogP contribution in [0.1, 0.15) is 37.8 Å². The molecule has 1 saturated carbocycles. The minimum Gasteiger partial charge on any atom is -0.464 e. The summed E-state index contributed by atoms with van der Waals surface area (Å²) in [5.74, 6) is -2.40. The minimum atomic E-state index is -3.88. The van der Waals surface area contributed by atoms with E-state index >= 15 is 0 Å². The molecule has 1 aliphatic rings. The van der Waals surface area contributed by atoms with Gasteiger partial charge in [0.05, 0.1) is 17.8 Å². The predicted octanol–water partition coefficient (Wildman–Crippen LogP) is 2.49. The standard InChI is InChI=1S/C14H21F2NO4S/c1-4-10-5-6-12(21-10)11(7-20-3)17-22(18,19)9-13(2)8-14(13,15)16/h5-6,11,17H,4,7-9H2,1-3H3. The van der Waals surface area contributed by atoms with Crippen molar-refractivity contribution in [1.29, 1.82) is 0 Å². The fourth-order valence-corrected chi connectivity index (χ4v) is 4.25. The lowest BCUT2D eigenvalue weighted by molar-refractivity contribution is 0.0768. The van der Waals surface area contributed by atoms with Gasteiger partial charge < -0.3 is 9.15 Å². The van der Waals surface area contributed by atoms with E-state index in [1.54, 1.807) is 12.1 Å². The SMILES string of the molecule is CCc1ccc(C(COC)NS(=O)(=O)CC2(C)CC2(F)F)o1. The highest BCUT2D eigenvalue weighted by Crippen LogP contribution is 2.60. The summed E-state index contributed by atoms with van der Waals surface area (Å²) >= 11 is 0. The Morgan fingerprint density at radius 3 is 2.55 bits per heavy atom. The maximum Gasteiger partial charge on any atom is 0.255 e. The lowest BCUT2D eigenvalue weighted by Gasteiger charge is -2.18. The van der Waals surface area contributed by atoms with Gasteiger partial charge in [0.25, 0.3) is 5.92 Å². The van der Waals surface area contributed by atoms with E-state index in [2.05, 4.69) is 4.72 Å². The third kappa shape index (κ3) is 3.67. The number of rotatable bonds is 8. The van der Waals surface area contributed by atoms with Gasteiger partial charge in [0.15, 0.2) is 0 Å². The van der Waals surface area contributed by atoms with Crippen LogP contribution in [0.25, 0.3) is 0 Å². The van der Waals surface area contributed by atoms with Gasteiger partial charge in [-0.05, 0) is 12.1 Å². The molecular formula is C14H21F2NO4S. The predicted molar refractivity (Wildman–Crippen MR) is 77.3 cm³/mol. The second-order valence-electron chi connectivity index (χ2n) is 5.98. The maximum atomic E-state index is 13.2. The highest BCUT2D eigenvalue weighted by atomic mass is 32.2. The molecule has 2 atom stereocenters. The van der Waals surface area contributed by atoms with Crippen LogP contribution in [0.3, 0.4) is 0 Å². The van der Waals surface area contributed by atoms with Crippen molar-refractivity contribution in [1.82, 2.24) is 4.72 Å². The zero-order chi connectivity index (χ0) is 16.6. The van der Waals surface area contributed by atoms with Crippen molar-refractivity contribution in [2.75, 3.05) is 19.5 Å². The molecule has 0 spiro atoms. The van der Waals surface area contributed by atoms with E-state index in [1.807, 2.05) is 6.92 Å². The normalized spacial score (nSPS) is 25.1. The van der Waals surface area contributed by atoms with Gasteiger partial charge in [-0.1, -0.05) is 13.8 Å². The summed E-state index contributed by atoms with van der Waals surface area (Å²) in [6.45, 7) is 3.25. The molecule has 0 bridgehead atoms. The van der Waals surface area contributed by atoms with Crippen molar-refractivity contribution in [3.05, 3.63) is 23.7 Å². The van der Waals surface area contributed by atoms with E-state index in [4.69, 9.17) is 9.15 Å². The quantitative estimate of drug-likeness (QED) is 0.791. The fourth-order valence-electron chi connectivity index (χ4n) is 2.39. The number of sulfonamides is 1. The average molecular weight is 337 g/mol. The Bertz CT molecular complexity index is 629. The summed E-state index contributed by atoms with van der Waals surface area (Å²) in [6, 6.07) is 2.69. The van der Waals surface area contributed by atoms with Crippen LogP contribution in [-0.4, -0.2) is 33.8 Å². The van der Waals surface area contributed by atoms with Crippen LogP contribution in [0.15, 0.2) is 16.5 Å². The summed E-state index contributed by atoms with van der Waals surface area (Å²) in [4.78, 5) is 0. The second kappa shape index (κ2) is 5.90. The molecule has 1 N–H and O–H groups in total. The molecule has 0 amide bonds. The Morgan fingerprint density at radius 1 is 1.45 bits per heavy atom. The topological polar surface area (TPSA) is 68.5 Å². The van der Waals surface area contributed by atoms with Crippen molar-refractivity contribution >= 4 is 10.0 Å². The van der Waals surface area contributed by atoms with Crippen molar-refractivity contribution in [2.45, 2.75) is 38.7 Å². The molecule has 5 nitrogen and oxygen atoms in total. The highest BCUT2D eigenvalue weighted by molar-refractivity contribution is 7.89. The molecular weight excluding hydrogens is 316 g/mol. The lowest BCUT2D eigenvalue weighted by atomic mass is 10.2. The van der Waals surface area contributed by atoms with Gasteiger partial charge in [0, 0.05) is 20.0 Å². The molecule has 8 heteroatoms. The molecule has 1 aromatic rings. The van der Waals surface area contributed by atoms with Crippen molar-refractivity contribution in [3.8, 4) is 0 Å². The van der Waals surface area contributed by atoms with E-state index in [0.717, 1.165) is 5.76 Å². The Kier molecular flexibility index (Phi) is 4.66. The number of alkyl halides is 2. The first-order valence-corrected chi connectivity index (χ1v) is 8.73. The van der Waals surface area contributed by atoms with E-state index in [9.17, 15) is 17.2 Å². The molecule has 1 aliphatic carbocycles. The summed E-state index contributed by atoms with van der Waals surface area (Å²) in [7, 11) is -2.45. The molecule has 1 aromatic heterocycles. The van der Waals surface area contributed by atoms with Gasteiger partial charge in [-0.15, -0.1) is 0 Å². The van der Waals surface area contributed by atoms with Crippen LogP contribution < -0.4 is 4.72 Å². The Labute approximate surface area is 129 Å². The van der Waals surface area contributed by atoms with Crippen molar-refractivity contribution in [3.63, 3.8) is 0 Å². The Morgan fingerprint density at radius 2 is 2.09 bits per heavy atom. The molecule has 2 rings (SSSR count). The monoisotopic (exact) mass is 337 g/mol. The van der Waals surface area contributed by atoms with E-state index in [0.29, 0.717) is 12.2 Å². The van der Waals surface area contributed by atoms with Crippen molar-refractivity contribution < 1.29 is 26.4 Å². The summed E-state index contributed by atoms with van der Waals surface area (Å²) in [5, 5.41) is 0. The zero-order valence-electron chi connectivity index (χ0n) is 12.9. The Hall–Kier alpha value is -0.990. The molecule has 0 radical (unpaired) electrons. The number of hydrogen-bond donors (Lipinski definition) is 1. The molecule has 1 fully saturated rings. The van der Waals surface area contributed by atoms with Gasteiger partial charge in [0.2, 0.25) is 10.0 Å². The molecule has 126 valence electrons. The zero-order valence-corrected chi connectivity index (χ0v) is 13.7. The number of halogens is 2. The minimum absolute atomic E-state index is 0.0585. The molecule has 0 aromatic carbocycles. The summed E-state index contributed by atoms with van der Waals surface area (Å²) < 4.78 is 63.7. The fraction of sp³-hybridized carbons (Fsp3) is 0.714. The van der Waals surface area contributed by atoms with E-state index < -0.39 is 39.6 Å². The highest BCUT2D eigenvalue weighted by Gasteiger charge is 2.69. The number of aryl methyl sites for hydroxylation is 1.